The summed E-state index contributed by atoms with van der Waals surface area (Å²) >= 11 is 0. The number of nitrogens with one attached hydrogen (secondary N) is 3. The van der Waals surface area contributed by atoms with E-state index in [4.69, 9.17) is 14.7 Å². The number of hydrogen-bond donors (Lipinski definition) is 3. The molecule has 4 aromatic rings. The molecule has 1 saturated carbocycles. The summed E-state index contributed by atoms with van der Waals surface area (Å²) in [5.74, 6) is 1.72. The number of anilines is 2. The van der Waals surface area contributed by atoms with Crippen LogP contribution in [0.25, 0.3) is 22.5 Å². The van der Waals surface area contributed by atoms with E-state index in [-0.39, 0.29) is 24.5 Å². The number of ether oxygens (including phenoxy) is 1. The maximum atomic E-state index is 12.4. The van der Waals surface area contributed by atoms with Gasteiger partial charge in [0.05, 0.1) is 18.4 Å². The molecule has 2 amide bonds. The lowest BCUT2D eigenvalue weighted by Gasteiger charge is -2.29. The van der Waals surface area contributed by atoms with Gasteiger partial charge < -0.3 is 20.3 Å². The van der Waals surface area contributed by atoms with Gasteiger partial charge in [-0.3, -0.25) is 14.7 Å². The van der Waals surface area contributed by atoms with E-state index in [2.05, 4.69) is 20.8 Å². The topological polar surface area (TPSA) is 125 Å². The number of carbonyl (C=O) groups excluding carboxylic acids is 2. The first-order chi connectivity index (χ1) is 20.0. The van der Waals surface area contributed by atoms with Gasteiger partial charge in [-0.1, -0.05) is 37.1 Å². The highest BCUT2D eigenvalue weighted by Gasteiger charge is 2.25. The molecular formula is C31H33N7O3. The van der Waals surface area contributed by atoms with Crippen LogP contribution in [0.1, 0.15) is 43.9 Å². The molecule has 6 rings (SSSR count). The Hall–Kier alpha value is -4.73. The fraction of sp³-hybridized carbons (Fsp3) is 0.323. The molecule has 2 aromatic heterocycles. The van der Waals surface area contributed by atoms with E-state index in [1.54, 1.807) is 13.1 Å². The van der Waals surface area contributed by atoms with Crippen molar-refractivity contribution in [3.63, 3.8) is 0 Å². The maximum absolute atomic E-state index is 12.4. The molecule has 1 aliphatic carbocycles. The van der Waals surface area contributed by atoms with Crippen molar-refractivity contribution in [1.29, 1.82) is 0 Å². The predicted molar refractivity (Wildman–Crippen MR) is 155 cm³/mol. The number of amides is 2. The summed E-state index contributed by atoms with van der Waals surface area (Å²) in [5, 5.41) is 13.4. The fourth-order valence-electron chi connectivity index (χ4n) is 5.42. The molecule has 0 radical (unpaired) electrons. The van der Waals surface area contributed by atoms with E-state index in [1.807, 2.05) is 59.6 Å². The molecule has 0 spiro atoms. The molecule has 1 aliphatic heterocycles. The maximum Gasteiger partial charge on any atom is 0.258 e. The molecule has 0 unspecified atom stereocenters. The SMILES string of the molecule is CC(=O)N1CCc2nc(-c3cccc(OCC(=O)NC4CCCC4)c3)nc(Nc3ccc(-c4cn[nH]c4)cc3)c2C1. The summed E-state index contributed by atoms with van der Waals surface area (Å²) in [5.41, 5.74) is 5.53. The normalized spacial score (nSPS) is 14.9. The van der Waals surface area contributed by atoms with Crippen molar-refractivity contribution >= 4 is 23.3 Å². The molecule has 10 nitrogen and oxygen atoms in total. The summed E-state index contributed by atoms with van der Waals surface area (Å²) in [6.07, 6.45) is 8.66. The summed E-state index contributed by atoms with van der Waals surface area (Å²) < 4.78 is 5.83. The molecule has 41 heavy (non-hydrogen) atoms. The van der Waals surface area contributed by atoms with Crippen LogP contribution in [0.4, 0.5) is 11.5 Å². The highest BCUT2D eigenvalue weighted by atomic mass is 16.5. The average Bonchev–Trinajstić information content (AvgIpc) is 3.71. The van der Waals surface area contributed by atoms with E-state index in [9.17, 15) is 9.59 Å². The van der Waals surface area contributed by atoms with Crippen molar-refractivity contribution in [2.75, 3.05) is 18.5 Å². The highest BCUT2D eigenvalue weighted by Crippen LogP contribution is 2.31. The number of aromatic nitrogens is 4. The smallest absolute Gasteiger partial charge is 0.258 e. The fourth-order valence-corrected chi connectivity index (χ4v) is 5.42. The third-order valence-electron chi connectivity index (χ3n) is 7.67. The Kier molecular flexibility index (Phi) is 7.62. The lowest BCUT2D eigenvalue weighted by molar-refractivity contribution is -0.129. The molecule has 0 atom stereocenters. The Labute approximate surface area is 238 Å². The number of hydrogen-bond acceptors (Lipinski definition) is 7. The Morgan fingerprint density at radius 3 is 2.63 bits per heavy atom. The van der Waals surface area contributed by atoms with Gasteiger partial charge in [-0.25, -0.2) is 9.97 Å². The number of aromatic amines is 1. The van der Waals surface area contributed by atoms with Crippen LogP contribution in [0.5, 0.6) is 5.75 Å². The molecule has 0 saturated heterocycles. The van der Waals surface area contributed by atoms with Gasteiger partial charge >= 0.3 is 0 Å². The van der Waals surface area contributed by atoms with Crippen molar-refractivity contribution in [2.24, 2.45) is 0 Å². The first kappa shape index (κ1) is 26.5. The third-order valence-corrected chi connectivity index (χ3v) is 7.67. The average molecular weight is 552 g/mol. The van der Waals surface area contributed by atoms with E-state index >= 15 is 0 Å². The van der Waals surface area contributed by atoms with Gasteiger partial charge in [-0.15, -0.1) is 0 Å². The Balaban J connectivity index is 1.25. The number of fused-ring (bicyclic) bond motifs is 1. The van der Waals surface area contributed by atoms with Gasteiger partial charge in [-0.05, 0) is 42.7 Å². The van der Waals surface area contributed by atoms with Crippen LogP contribution < -0.4 is 15.4 Å². The minimum Gasteiger partial charge on any atom is -0.484 e. The van der Waals surface area contributed by atoms with Crippen LogP contribution in [-0.2, 0) is 22.6 Å². The number of H-pyrrole nitrogens is 1. The van der Waals surface area contributed by atoms with Gasteiger partial charge in [0.1, 0.15) is 11.6 Å². The Morgan fingerprint density at radius 1 is 1.05 bits per heavy atom. The number of benzene rings is 2. The molecule has 2 aliphatic rings. The van der Waals surface area contributed by atoms with E-state index in [0.29, 0.717) is 36.9 Å². The van der Waals surface area contributed by atoms with Gasteiger partial charge in [0.25, 0.3) is 5.91 Å². The standard InChI is InChI=1S/C31H33N7O3/c1-20(39)38-14-13-28-27(18-38)31(35-25-11-9-21(10-12-25)23-16-32-33-17-23)37-30(36-28)22-5-4-8-26(15-22)41-19-29(40)34-24-6-2-3-7-24/h4-5,8-12,15-17,24H,2-3,6-7,13-14,18-19H2,1H3,(H,32,33)(H,34,40)(H,35,36,37). The second-order valence-electron chi connectivity index (χ2n) is 10.6. The first-order valence-electron chi connectivity index (χ1n) is 14.1. The summed E-state index contributed by atoms with van der Waals surface area (Å²) in [6, 6.07) is 15.8. The zero-order valence-electron chi connectivity index (χ0n) is 23.0. The molecule has 10 heteroatoms. The monoisotopic (exact) mass is 551 g/mol. The van der Waals surface area contributed by atoms with Crippen molar-refractivity contribution in [1.82, 2.24) is 30.4 Å². The third kappa shape index (κ3) is 6.21. The lowest BCUT2D eigenvalue weighted by Crippen LogP contribution is -2.36. The lowest BCUT2D eigenvalue weighted by atomic mass is 10.0. The minimum atomic E-state index is -0.104. The van der Waals surface area contributed by atoms with Crippen LogP contribution in [-0.4, -0.2) is 56.1 Å². The second kappa shape index (κ2) is 11.8. The van der Waals surface area contributed by atoms with Crippen LogP contribution in [0.3, 0.4) is 0 Å². The molecule has 2 aromatic carbocycles. The van der Waals surface area contributed by atoms with Gasteiger partial charge in [0.2, 0.25) is 5.91 Å². The van der Waals surface area contributed by atoms with Crippen LogP contribution >= 0.6 is 0 Å². The summed E-state index contributed by atoms with van der Waals surface area (Å²) in [7, 11) is 0. The summed E-state index contributed by atoms with van der Waals surface area (Å²) in [6.45, 7) is 2.60. The zero-order chi connectivity index (χ0) is 28.2. The molecule has 3 N–H and O–H groups in total. The van der Waals surface area contributed by atoms with Crippen LogP contribution in [0.2, 0.25) is 0 Å². The largest absolute Gasteiger partial charge is 0.484 e. The van der Waals surface area contributed by atoms with E-state index in [0.717, 1.165) is 59.3 Å². The quantitative estimate of drug-likeness (QED) is 0.292. The first-order valence-corrected chi connectivity index (χ1v) is 14.1. The van der Waals surface area contributed by atoms with Crippen LogP contribution in [0, 0.1) is 0 Å². The van der Waals surface area contributed by atoms with Gasteiger partial charge in [0, 0.05) is 54.5 Å². The van der Waals surface area contributed by atoms with Crippen molar-refractivity contribution < 1.29 is 14.3 Å². The molecule has 3 heterocycles. The number of nitrogens with zero attached hydrogens (tertiary/aromatic N) is 4. The molecule has 1 fully saturated rings. The van der Waals surface area contributed by atoms with Crippen molar-refractivity contribution in [2.45, 2.75) is 51.6 Å². The predicted octanol–water partition coefficient (Wildman–Crippen LogP) is 4.62. The Morgan fingerprint density at radius 2 is 1.88 bits per heavy atom. The zero-order valence-corrected chi connectivity index (χ0v) is 23.0. The minimum absolute atomic E-state index is 0.0250. The molecule has 0 bridgehead atoms. The van der Waals surface area contributed by atoms with Crippen molar-refractivity contribution in [3.05, 3.63) is 72.2 Å². The number of rotatable bonds is 8. The second-order valence-corrected chi connectivity index (χ2v) is 10.6. The number of carbonyl (C=O) groups is 2. The van der Waals surface area contributed by atoms with Gasteiger partial charge in [-0.2, -0.15) is 5.10 Å². The van der Waals surface area contributed by atoms with E-state index in [1.165, 1.54) is 0 Å². The summed E-state index contributed by atoms with van der Waals surface area (Å²) in [4.78, 5) is 36.2. The van der Waals surface area contributed by atoms with E-state index < -0.39 is 0 Å². The Bertz CT molecular complexity index is 1530. The van der Waals surface area contributed by atoms with Crippen molar-refractivity contribution in [3.8, 4) is 28.3 Å². The molecule has 210 valence electrons. The molecular weight excluding hydrogens is 518 g/mol. The van der Waals surface area contributed by atoms with Gasteiger partial charge in [0.15, 0.2) is 12.4 Å². The highest BCUT2D eigenvalue weighted by molar-refractivity contribution is 5.78. The van der Waals surface area contributed by atoms with Crippen LogP contribution in [0.15, 0.2) is 60.9 Å².